The Morgan fingerprint density at radius 1 is 0.909 bits per heavy atom. The van der Waals surface area contributed by atoms with Gasteiger partial charge >= 0.3 is 6.09 Å². The van der Waals surface area contributed by atoms with Crippen molar-refractivity contribution in [3.63, 3.8) is 0 Å². The summed E-state index contributed by atoms with van der Waals surface area (Å²) in [4.78, 5) is 43.5. The third kappa shape index (κ3) is 12.2. The Labute approximate surface area is 264 Å². The number of aryl methyl sites for hydroxylation is 2. The number of alkyl carbamates (subject to hydrolysis) is 1. The van der Waals surface area contributed by atoms with Crippen molar-refractivity contribution in [2.45, 2.75) is 130 Å². The van der Waals surface area contributed by atoms with Gasteiger partial charge in [0.2, 0.25) is 11.8 Å². The molecule has 3 unspecified atom stereocenters. The molecule has 0 saturated carbocycles. The van der Waals surface area contributed by atoms with Gasteiger partial charge in [0.25, 0.3) is 0 Å². The highest BCUT2D eigenvalue weighted by Gasteiger charge is 2.37. The molecular weight excluding hydrogens is 554 g/mol. The molecule has 3 atom stereocenters. The van der Waals surface area contributed by atoms with Gasteiger partial charge in [-0.1, -0.05) is 81.8 Å². The summed E-state index contributed by atoms with van der Waals surface area (Å²) in [5.41, 5.74) is 2.75. The molecule has 0 aliphatic heterocycles. The highest BCUT2D eigenvalue weighted by molar-refractivity contribution is 5.92. The lowest BCUT2D eigenvalue weighted by molar-refractivity contribution is -0.142. The lowest BCUT2D eigenvalue weighted by Crippen LogP contribution is -2.54. The molecule has 0 heterocycles. The highest BCUT2D eigenvalue weighted by atomic mass is 16.6. The van der Waals surface area contributed by atoms with Crippen LogP contribution in [-0.2, 0) is 20.7 Å². The van der Waals surface area contributed by atoms with Gasteiger partial charge in [0, 0.05) is 19.0 Å². The molecular formula is C36H55N3O5. The number of ether oxygens (including phenoxy) is 1. The number of unbranched alkanes of at least 4 members (excludes halogenated alkanes) is 4. The minimum absolute atomic E-state index is 0.0602. The molecule has 0 bridgehead atoms. The van der Waals surface area contributed by atoms with Crippen LogP contribution in [0.25, 0.3) is 0 Å². The van der Waals surface area contributed by atoms with Crippen LogP contribution in [0.5, 0.6) is 5.75 Å². The third-order valence-electron chi connectivity index (χ3n) is 7.54. The SMILES string of the molecule is CCCCCCCN(C(=O)C(Cc1ccc(O)cc1)NC(=O)OC(C)(C)C)C(C(=O)NC(C)CCC)c1ccc(C)cc1C. The van der Waals surface area contributed by atoms with Gasteiger partial charge in [-0.3, -0.25) is 9.59 Å². The van der Waals surface area contributed by atoms with E-state index in [1.54, 1.807) is 49.9 Å². The Morgan fingerprint density at radius 3 is 2.16 bits per heavy atom. The first-order valence-corrected chi connectivity index (χ1v) is 16.2. The van der Waals surface area contributed by atoms with E-state index in [4.69, 9.17) is 4.74 Å². The molecule has 2 rings (SSSR count). The van der Waals surface area contributed by atoms with Crippen molar-refractivity contribution in [1.82, 2.24) is 15.5 Å². The third-order valence-corrected chi connectivity index (χ3v) is 7.54. The Bertz CT molecular complexity index is 1210. The lowest BCUT2D eigenvalue weighted by atomic mass is 9.95. The molecule has 2 aromatic carbocycles. The predicted molar refractivity (Wildman–Crippen MR) is 177 cm³/mol. The van der Waals surface area contributed by atoms with Gasteiger partial charge in [0.1, 0.15) is 23.4 Å². The number of hydrogen-bond acceptors (Lipinski definition) is 5. The number of benzene rings is 2. The largest absolute Gasteiger partial charge is 0.508 e. The van der Waals surface area contributed by atoms with Gasteiger partial charge in [-0.2, -0.15) is 0 Å². The second-order valence-electron chi connectivity index (χ2n) is 13.0. The molecule has 3 N–H and O–H groups in total. The first-order chi connectivity index (χ1) is 20.7. The van der Waals surface area contributed by atoms with Gasteiger partial charge < -0.3 is 25.4 Å². The van der Waals surface area contributed by atoms with Crippen LogP contribution in [0, 0.1) is 13.8 Å². The minimum atomic E-state index is -1.00. The molecule has 0 aliphatic carbocycles. The maximum Gasteiger partial charge on any atom is 0.408 e. The Balaban J connectivity index is 2.61. The van der Waals surface area contributed by atoms with E-state index in [2.05, 4.69) is 24.5 Å². The smallest absolute Gasteiger partial charge is 0.408 e. The fourth-order valence-corrected chi connectivity index (χ4v) is 5.38. The minimum Gasteiger partial charge on any atom is -0.508 e. The van der Waals surface area contributed by atoms with Crippen LogP contribution < -0.4 is 10.6 Å². The first-order valence-electron chi connectivity index (χ1n) is 16.2. The van der Waals surface area contributed by atoms with E-state index < -0.39 is 23.8 Å². The summed E-state index contributed by atoms with van der Waals surface area (Å²) in [6.07, 6.45) is 6.09. The Kier molecular flexibility index (Phi) is 14.7. The van der Waals surface area contributed by atoms with Crippen LogP contribution in [0.2, 0.25) is 0 Å². The summed E-state index contributed by atoms with van der Waals surface area (Å²) in [5, 5.41) is 15.8. The maximum absolute atomic E-state index is 14.7. The first kappa shape index (κ1) is 36.6. The van der Waals surface area contributed by atoms with Crippen LogP contribution in [0.3, 0.4) is 0 Å². The van der Waals surface area contributed by atoms with Gasteiger partial charge in [0.05, 0.1) is 0 Å². The number of aromatic hydroxyl groups is 1. The van der Waals surface area contributed by atoms with Gasteiger partial charge in [0.15, 0.2) is 0 Å². The monoisotopic (exact) mass is 609 g/mol. The number of carbonyl (C=O) groups excluding carboxylic acids is 3. The molecule has 244 valence electrons. The number of rotatable bonds is 16. The van der Waals surface area contributed by atoms with Crippen LogP contribution >= 0.6 is 0 Å². The van der Waals surface area contributed by atoms with Crippen LogP contribution in [0.15, 0.2) is 42.5 Å². The summed E-state index contributed by atoms with van der Waals surface area (Å²) < 4.78 is 5.54. The number of amides is 3. The van der Waals surface area contributed by atoms with Crippen LogP contribution in [-0.4, -0.2) is 52.1 Å². The molecule has 0 aromatic heterocycles. The van der Waals surface area contributed by atoms with Gasteiger partial charge in [-0.15, -0.1) is 0 Å². The molecule has 0 aliphatic rings. The molecule has 2 aromatic rings. The number of carbonyl (C=O) groups is 3. The highest BCUT2D eigenvalue weighted by Crippen LogP contribution is 2.28. The van der Waals surface area contributed by atoms with Gasteiger partial charge in [-0.25, -0.2) is 4.79 Å². The van der Waals surface area contributed by atoms with Crippen molar-refractivity contribution in [2.75, 3.05) is 6.54 Å². The summed E-state index contributed by atoms with van der Waals surface area (Å²) in [7, 11) is 0. The van der Waals surface area contributed by atoms with E-state index in [0.717, 1.165) is 67.2 Å². The van der Waals surface area contributed by atoms with E-state index in [0.29, 0.717) is 6.54 Å². The van der Waals surface area contributed by atoms with Crippen LogP contribution in [0.4, 0.5) is 4.79 Å². The molecule has 0 spiro atoms. The van der Waals surface area contributed by atoms with E-state index in [9.17, 15) is 19.5 Å². The average Bonchev–Trinajstić information content (AvgIpc) is 2.92. The lowest BCUT2D eigenvalue weighted by Gasteiger charge is -2.36. The average molecular weight is 610 g/mol. The molecule has 3 amide bonds. The number of phenols is 1. The maximum atomic E-state index is 14.7. The number of hydrogen-bond donors (Lipinski definition) is 3. The standard InChI is InChI=1S/C36H55N3O5/c1-9-11-12-13-14-22-39(32(33(41)37-27(5)15-10-2)30-21-16-25(3)23-26(30)4)34(42)31(38-35(43)44-36(6,7)8)24-28-17-19-29(40)20-18-28/h16-21,23,27,31-32,40H,9-15,22,24H2,1-8H3,(H,37,41)(H,38,43). The number of nitrogens with zero attached hydrogens (tertiary/aromatic N) is 1. The van der Waals surface area contributed by atoms with Crippen molar-refractivity contribution >= 4 is 17.9 Å². The molecule has 8 heteroatoms. The topological polar surface area (TPSA) is 108 Å². The Morgan fingerprint density at radius 2 is 1.57 bits per heavy atom. The molecule has 8 nitrogen and oxygen atoms in total. The molecule has 0 saturated heterocycles. The van der Waals surface area contributed by atoms with Crippen molar-refractivity contribution in [3.05, 3.63) is 64.7 Å². The zero-order valence-electron chi connectivity index (χ0n) is 28.2. The fraction of sp³-hybridized carbons (Fsp3) is 0.583. The van der Waals surface area contributed by atoms with Crippen LogP contribution in [0.1, 0.15) is 115 Å². The molecule has 0 radical (unpaired) electrons. The van der Waals surface area contributed by atoms with E-state index in [-0.39, 0.29) is 30.0 Å². The van der Waals surface area contributed by atoms with Crippen molar-refractivity contribution in [2.24, 2.45) is 0 Å². The molecule has 0 fully saturated rings. The van der Waals surface area contributed by atoms with Crippen molar-refractivity contribution in [1.29, 1.82) is 0 Å². The predicted octanol–water partition coefficient (Wildman–Crippen LogP) is 7.29. The van der Waals surface area contributed by atoms with Crippen molar-refractivity contribution in [3.8, 4) is 5.75 Å². The zero-order valence-corrected chi connectivity index (χ0v) is 28.2. The fourth-order valence-electron chi connectivity index (χ4n) is 5.38. The van der Waals surface area contributed by atoms with E-state index in [1.165, 1.54) is 0 Å². The summed E-state index contributed by atoms with van der Waals surface area (Å²) in [6.45, 7) is 15.8. The van der Waals surface area contributed by atoms with E-state index in [1.807, 2.05) is 39.0 Å². The number of phenolic OH excluding ortho intramolecular Hbond substituents is 1. The normalized spacial score (nSPS) is 13.5. The second kappa shape index (κ2) is 17.7. The summed E-state index contributed by atoms with van der Waals surface area (Å²) in [6, 6.07) is 10.5. The molecule has 44 heavy (non-hydrogen) atoms. The van der Waals surface area contributed by atoms with Crippen molar-refractivity contribution < 1.29 is 24.2 Å². The quantitative estimate of drug-likeness (QED) is 0.173. The van der Waals surface area contributed by atoms with E-state index >= 15 is 0 Å². The second-order valence-corrected chi connectivity index (χ2v) is 13.0. The Hall–Kier alpha value is -3.55. The number of nitrogens with one attached hydrogen (secondary N) is 2. The summed E-state index contributed by atoms with van der Waals surface area (Å²) in [5.74, 6) is -0.485. The zero-order chi connectivity index (χ0) is 32.9. The summed E-state index contributed by atoms with van der Waals surface area (Å²) >= 11 is 0. The van der Waals surface area contributed by atoms with Gasteiger partial charge in [-0.05, 0) is 83.2 Å².